The molecule has 0 aromatic heterocycles. The lowest BCUT2D eigenvalue weighted by atomic mass is 9.72. The maximum Gasteiger partial charge on any atom is 0.162 e. The number of Topliss-reactive ketones (excluding diaryl/α,β-unsaturated/α-hetero) is 1. The van der Waals surface area contributed by atoms with Gasteiger partial charge in [0, 0.05) is 37.3 Å². The summed E-state index contributed by atoms with van der Waals surface area (Å²) in [5, 5.41) is 13.7. The number of carbonyl (C=O) groups excluding carboxylic acids is 1. The standard InChI is InChI=1S/C25H26N4O2/c1-28(2)29-20-13-17(16-9-5-4-6-10-16)14-21(30)24(20)23(19(15-26)25(29)27)18-11-7-8-12-22(18)31-3/h4-12,17,23H,13-14,27H2,1-3H3/t17-,23+/m0/s1. The first-order valence-corrected chi connectivity index (χ1v) is 10.3. The minimum absolute atomic E-state index is 0.0399. The zero-order chi connectivity index (χ0) is 22.1. The molecular formula is C25H26N4O2. The van der Waals surface area contributed by atoms with Crippen molar-refractivity contribution in [2.75, 3.05) is 21.2 Å². The van der Waals surface area contributed by atoms with Gasteiger partial charge in [0.25, 0.3) is 0 Å². The van der Waals surface area contributed by atoms with E-state index in [0.717, 1.165) is 16.8 Å². The van der Waals surface area contributed by atoms with Crippen LogP contribution < -0.4 is 10.5 Å². The largest absolute Gasteiger partial charge is 0.496 e. The second-order valence-electron chi connectivity index (χ2n) is 8.04. The Morgan fingerprint density at radius 2 is 1.77 bits per heavy atom. The molecule has 0 saturated heterocycles. The first kappa shape index (κ1) is 20.7. The van der Waals surface area contributed by atoms with Gasteiger partial charge in [0.1, 0.15) is 11.6 Å². The number of methoxy groups -OCH3 is 1. The van der Waals surface area contributed by atoms with Gasteiger partial charge in [-0.15, -0.1) is 0 Å². The zero-order valence-electron chi connectivity index (χ0n) is 18.0. The van der Waals surface area contributed by atoms with Gasteiger partial charge in [-0.05, 0) is 24.0 Å². The summed E-state index contributed by atoms with van der Waals surface area (Å²) in [6, 6.07) is 19.9. The quantitative estimate of drug-likeness (QED) is 0.822. The van der Waals surface area contributed by atoms with Crippen LogP contribution in [0.5, 0.6) is 5.75 Å². The molecule has 1 aliphatic carbocycles. The molecule has 0 unspecified atom stereocenters. The van der Waals surface area contributed by atoms with E-state index in [4.69, 9.17) is 10.5 Å². The summed E-state index contributed by atoms with van der Waals surface area (Å²) in [6.45, 7) is 0. The molecule has 158 valence electrons. The second-order valence-corrected chi connectivity index (χ2v) is 8.04. The Hall–Kier alpha value is -3.56. The van der Waals surface area contributed by atoms with E-state index in [1.165, 1.54) is 0 Å². The molecular weight excluding hydrogens is 388 g/mol. The van der Waals surface area contributed by atoms with Crippen LogP contribution in [0.25, 0.3) is 0 Å². The van der Waals surface area contributed by atoms with E-state index in [0.29, 0.717) is 35.6 Å². The van der Waals surface area contributed by atoms with Crippen LogP contribution in [0, 0.1) is 11.3 Å². The molecule has 0 bridgehead atoms. The van der Waals surface area contributed by atoms with Crippen molar-refractivity contribution < 1.29 is 9.53 Å². The molecule has 0 spiro atoms. The highest BCUT2D eigenvalue weighted by Crippen LogP contribution is 2.49. The van der Waals surface area contributed by atoms with Crippen molar-refractivity contribution in [3.63, 3.8) is 0 Å². The van der Waals surface area contributed by atoms with Crippen molar-refractivity contribution >= 4 is 5.78 Å². The summed E-state index contributed by atoms with van der Waals surface area (Å²) in [6.07, 6.45) is 1.06. The van der Waals surface area contributed by atoms with Gasteiger partial charge >= 0.3 is 0 Å². The highest BCUT2D eigenvalue weighted by molar-refractivity contribution is 6.00. The van der Waals surface area contributed by atoms with Crippen LogP contribution in [0.3, 0.4) is 0 Å². The van der Waals surface area contributed by atoms with Gasteiger partial charge in [-0.25, -0.2) is 5.01 Å². The van der Waals surface area contributed by atoms with E-state index in [1.54, 1.807) is 7.11 Å². The summed E-state index contributed by atoms with van der Waals surface area (Å²) in [7, 11) is 5.33. The number of rotatable bonds is 4. The Kier molecular flexibility index (Phi) is 5.53. The highest BCUT2D eigenvalue weighted by atomic mass is 16.5. The van der Waals surface area contributed by atoms with E-state index < -0.39 is 5.92 Å². The molecule has 1 heterocycles. The van der Waals surface area contributed by atoms with Gasteiger partial charge < -0.3 is 10.5 Å². The van der Waals surface area contributed by atoms with Crippen molar-refractivity contribution in [1.82, 2.24) is 10.0 Å². The van der Waals surface area contributed by atoms with E-state index in [1.807, 2.05) is 66.6 Å². The van der Waals surface area contributed by atoms with E-state index in [-0.39, 0.29) is 11.7 Å². The van der Waals surface area contributed by atoms with Gasteiger partial charge in [-0.2, -0.15) is 5.26 Å². The van der Waals surface area contributed by atoms with Gasteiger partial charge in [0.15, 0.2) is 5.78 Å². The number of nitrogens with zero attached hydrogens (tertiary/aromatic N) is 3. The molecule has 31 heavy (non-hydrogen) atoms. The number of nitrogens with two attached hydrogens (primary N) is 1. The van der Waals surface area contributed by atoms with Crippen LogP contribution in [0.1, 0.15) is 35.8 Å². The highest BCUT2D eigenvalue weighted by Gasteiger charge is 2.43. The van der Waals surface area contributed by atoms with Crippen LogP contribution in [-0.2, 0) is 4.79 Å². The topological polar surface area (TPSA) is 82.6 Å². The Labute approximate surface area is 182 Å². The lowest BCUT2D eigenvalue weighted by Gasteiger charge is -2.44. The van der Waals surface area contributed by atoms with Crippen molar-refractivity contribution in [2.45, 2.75) is 24.7 Å². The molecule has 6 nitrogen and oxygen atoms in total. The van der Waals surface area contributed by atoms with Gasteiger partial charge in [0.2, 0.25) is 0 Å². The van der Waals surface area contributed by atoms with Gasteiger partial charge in [-0.1, -0.05) is 48.5 Å². The number of hydrazine groups is 1. The van der Waals surface area contributed by atoms with Crippen LogP contribution in [0.4, 0.5) is 0 Å². The number of para-hydroxylation sites is 1. The fourth-order valence-electron chi connectivity index (χ4n) is 4.75. The number of nitriles is 1. The van der Waals surface area contributed by atoms with Crippen molar-refractivity contribution in [1.29, 1.82) is 5.26 Å². The number of ether oxygens (including phenoxy) is 1. The molecule has 2 aromatic rings. The minimum atomic E-state index is -0.545. The number of hydrogen-bond donors (Lipinski definition) is 1. The number of benzene rings is 2. The predicted octanol–water partition coefficient (Wildman–Crippen LogP) is 3.67. The maximum atomic E-state index is 13.6. The molecule has 2 atom stereocenters. The molecule has 2 aliphatic rings. The van der Waals surface area contributed by atoms with Crippen LogP contribution in [0.2, 0.25) is 0 Å². The molecule has 6 heteroatoms. The first-order valence-electron chi connectivity index (χ1n) is 10.3. The second kappa shape index (κ2) is 8.29. The Bertz CT molecular complexity index is 1110. The van der Waals surface area contributed by atoms with Crippen molar-refractivity contribution in [3.05, 3.63) is 88.4 Å². The average Bonchev–Trinajstić information content (AvgIpc) is 2.78. The third kappa shape index (κ3) is 3.47. The lowest BCUT2D eigenvalue weighted by Crippen LogP contribution is -2.46. The zero-order valence-corrected chi connectivity index (χ0v) is 18.0. The van der Waals surface area contributed by atoms with E-state index in [2.05, 4.69) is 18.2 Å². The lowest BCUT2D eigenvalue weighted by molar-refractivity contribution is -0.117. The summed E-state index contributed by atoms with van der Waals surface area (Å²) in [5.41, 5.74) is 10.3. The maximum absolute atomic E-state index is 13.6. The molecule has 0 amide bonds. The van der Waals surface area contributed by atoms with Crippen molar-refractivity contribution in [2.24, 2.45) is 5.73 Å². The molecule has 1 aliphatic heterocycles. The number of carbonyl (C=O) groups is 1. The van der Waals surface area contributed by atoms with E-state index >= 15 is 0 Å². The Morgan fingerprint density at radius 3 is 2.42 bits per heavy atom. The third-order valence-electron chi connectivity index (χ3n) is 6.06. The minimum Gasteiger partial charge on any atom is -0.496 e. The fourth-order valence-corrected chi connectivity index (χ4v) is 4.75. The van der Waals surface area contributed by atoms with Gasteiger partial charge in [-0.3, -0.25) is 9.80 Å². The summed E-state index contributed by atoms with van der Waals surface area (Å²) < 4.78 is 5.58. The predicted molar refractivity (Wildman–Crippen MR) is 119 cm³/mol. The summed E-state index contributed by atoms with van der Waals surface area (Å²) in [4.78, 5) is 13.6. The monoisotopic (exact) mass is 414 g/mol. The molecule has 0 saturated carbocycles. The van der Waals surface area contributed by atoms with Crippen LogP contribution in [-0.4, -0.2) is 37.0 Å². The Morgan fingerprint density at radius 1 is 1.10 bits per heavy atom. The number of ketones is 1. The molecule has 4 rings (SSSR count). The molecule has 0 fully saturated rings. The average molecular weight is 415 g/mol. The first-order chi connectivity index (χ1) is 15.0. The number of allylic oxidation sites excluding steroid dienone is 3. The fraction of sp³-hybridized carbons (Fsp3) is 0.280. The molecule has 2 aromatic carbocycles. The molecule has 0 radical (unpaired) electrons. The van der Waals surface area contributed by atoms with Crippen LogP contribution >= 0.6 is 0 Å². The van der Waals surface area contributed by atoms with E-state index in [9.17, 15) is 10.1 Å². The van der Waals surface area contributed by atoms with Crippen LogP contribution in [0.15, 0.2) is 77.3 Å². The number of hydrogen-bond acceptors (Lipinski definition) is 6. The smallest absolute Gasteiger partial charge is 0.162 e. The summed E-state index contributed by atoms with van der Waals surface area (Å²) >= 11 is 0. The van der Waals surface area contributed by atoms with Gasteiger partial charge in [0.05, 0.1) is 24.7 Å². The van der Waals surface area contributed by atoms with Crippen molar-refractivity contribution in [3.8, 4) is 11.8 Å². The normalized spacial score (nSPS) is 21.3. The SMILES string of the molecule is COc1ccccc1[C@@H]1C(C#N)=C(N)N(N(C)C)C2=C1C(=O)C[C@@H](c1ccccc1)C2. The summed E-state index contributed by atoms with van der Waals surface area (Å²) in [5.74, 6) is 0.541. The molecule has 2 N–H and O–H groups in total. The third-order valence-corrected chi connectivity index (χ3v) is 6.06. The Balaban J connectivity index is 1.92.